The fraction of sp³-hybridized carbons (Fsp3) is 0.632. The first-order valence-electron chi connectivity index (χ1n) is 9.19. The van der Waals surface area contributed by atoms with Crippen molar-refractivity contribution in [1.29, 1.82) is 0 Å². The van der Waals surface area contributed by atoms with Crippen molar-refractivity contribution in [3.05, 3.63) is 30.1 Å². The van der Waals surface area contributed by atoms with Gasteiger partial charge in [-0.3, -0.25) is 4.99 Å². The zero-order valence-corrected chi connectivity index (χ0v) is 18.4. The molecular weight excluding hydrogens is 464 g/mol. The van der Waals surface area contributed by atoms with Gasteiger partial charge in [0.25, 0.3) is 0 Å². The van der Waals surface area contributed by atoms with Crippen LogP contribution in [0.3, 0.4) is 0 Å². The summed E-state index contributed by atoms with van der Waals surface area (Å²) < 4.78 is 29.6. The summed E-state index contributed by atoms with van der Waals surface area (Å²) in [6.07, 6.45) is 1.94. The monoisotopic (exact) mass is 495 g/mol. The number of hydrogen-bond acceptors (Lipinski definition) is 4. The molecule has 1 fully saturated rings. The highest BCUT2D eigenvalue weighted by molar-refractivity contribution is 14.0. The summed E-state index contributed by atoms with van der Waals surface area (Å²) >= 11 is 0. The van der Waals surface area contributed by atoms with Crippen LogP contribution in [-0.4, -0.2) is 58.6 Å². The topological polar surface area (TPSA) is 64.1 Å². The van der Waals surface area contributed by atoms with Gasteiger partial charge in [-0.2, -0.15) is 0 Å². The van der Waals surface area contributed by atoms with Crippen LogP contribution in [0, 0.1) is 11.7 Å². The summed E-state index contributed by atoms with van der Waals surface area (Å²) in [4.78, 5) is 4.19. The summed E-state index contributed by atoms with van der Waals surface area (Å²) in [7, 11) is 1.73. The highest BCUT2D eigenvalue weighted by Gasteiger charge is 2.15. The molecule has 0 spiro atoms. The Kier molecular flexibility index (Phi) is 12.4. The molecule has 1 saturated heterocycles. The molecule has 2 unspecified atom stereocenters. The van der Waals surface area contributed by atoms with Crippen molar-refractivity contribution >= 4 is 29.9 Å². The normalized spacial score (nSPS) is 17.9. The molecule has 1 aromatic carbocycles. The van der Waals surface area contributed by atoms with E-state index >= 15 is 0 Å². The van der Waals surface area contributed by atoms with E-state index in [1.807, 2.05) is 6.92 Å². The third-order valence-electron chi connectivity index (χ3n) is 4.07. The van der Waals surface area contributed by atoms with Gasteiger partial charge in [-0.15, -0.1) is 24.0 Å². The molecule has 0 aliphatic carbocycles. The van der Waals surface area contributed by atoms with Crippen LogP contribution >= 0.6 is 24.0 Å². The van der Waals surface area contributed by atoms with E-state index < -0.39 is 0 Å². The van der Waals surface area contributed by atoms with Crippen LogP contribution < -0.4 is 15.4 Å². The zero-order valence-electron chi connectivity index (χ0n) is 16.1. The Bertz CT molecular complexity index is 540. The molecule has 2 N–H and O–H groups in total. The van der Waals surface area contributed by atoms with Gasteiger partial charge in [-0.25, -0.2) is 4.39 Å². The summed E-state index contributed by atoms with van der Waals surface area (Å²) in [5.41, 5.74) is 0. The molecule has 8 heteroatoms. The number of ether oxygens (including phenoxy) is 3. The van der Waals surface area contributed by atoms with Crippen molar-refractivity contribution in [2.24, 2.45) is 10.9 Å². The quantitative estimate of drug-likeness (QED) is 0.226. The summed E-state index contributed by atoms with van der Waals surface area (Å²) in [5.74, 6) is 1.66. The lowest BCUT2D eigenvalue weighted by Crippen LogP contribution is -2.42. The van der Waals surface area contributed by atoms with E-state index in [1.54, 1.807) is 19.2 Å². The molecule has 1 aromatic rings. The zero-order chi connectivity index (χ0) is 18.6. The molecule has 27 heavy (non-hydrogen) atoms. The van der Waals surface area contributed by atoms with Crippen molar-refractivity contribution in [3.8, 4) is 5.75 Å². The first-order chi connectivity index (χ1) is 12.7. The number of halogens is 2. The SMILES string of the molecule is CN=C(NCCCOCC1CCOC1)NCC(C)Oc1ccc(F)cc1.I. The predicted molar refractivity (Wildman–Crippen MR) is 116 cm³/mol. The van der Waals surface area contributed by atoms with Gasteiger partial charge in [0.1, 0.15) is 17.7 Å². The molecule has 0 saturated carbocycles. The van der Waals surface area contributed by atoms with E-state index in [0.29, 0.717) is 18.2 Å². The molecule has 0 radical (unpaired) electrons. The molecular formula is C19H31FIN3O3. The Morgan fingerprint density at radius 3 is 2.78 bits per heavy atom. The molecule has 2 atom stereocenters. The Hall–Kier alpha value is -1.13. The fourth-order valence-electron chi connectivity index (χ4n) is 2.59. The minimum atomic E-state index is -0.270. The van der Waals surface area contributed by atoms with Crippen molar-refractivity contribution in [3.63, 3.8) is 0 Å². The van der Waals surface area contributed by atoms with Gasteiger partial charge in [-0.05, 0) is 44.0 Å². The van der Waals surface area contributed by atoms with Crippen molar-refractivity contribution in [1.82, 2.24) is 10.6 Å². The lowest BCUT2D eigenvalue weighted by Gasteiger charge is -2.18. The van der Waals surface area contributed by atoms with Gasteiger partial charge in [0.15, 0.2) is 5.96 Å². The highest BCUT2D eigenvalue weighted by atomic mass is 127. The number of aliphatic imine (C=N–C) groups is 1. The van der Waals surface area contributed by atoms with Crippen LogP contribution in [0.1, 0.15) is 19.8 Å². The minimum absolute atomic E-state index is 0. The van der Waals surface area contributed by atoms with Crippen molar-refractivity contribution in [2.45, 2.75) is 25.9 Å². The van der Waals surface area contributed by atoms with Crippen molar-refractivity contribution < 1.29 is 18.6 Å². The van der Waals surface area contributed by atoms with E-state index in [1.165, 1.54) is 12.1 Å². The third kappa shape index (κ3) is 10.1. The van der Waals surface area contributed by atoms with Gasteiger partial charge in [0.05, 0.1) is 19.8 Å². The van der Waals surface area contributed by atoms with Gasteiger partial charge in [0, 0.05) is 32.7 Å². The standard InChI is InChI=1S/C19H30FN3O3.HI/c1-15(26-18-6-4-17(20)5-7-18)12-23-19(21-2)22-9-3-10-24-13-16-8-11-25-14-16;/h4-7,15-16H,3,8-14H2,1-2H3,(H2,21,22,23);1H. The van der Waals surface area contributed by atoms with E-state index in [2.05, 4.69) is 15.6 Å². The third-order valence-corrected chi connectivity index (χ3v) is 4.07. The maximum absolute atomic E-state index is 12.9. The predicted octanol–water partition coefficient (Wildman–Crippen LogP) is 2.82. The molecule has 1 heterocycles. The number of hydrogen-bond donors (Lipinski definition) is 2. The minimum Gasteiger partial charge on any atom is -0.489 e. The molecule has 0 aromatic heterocycles. The molecule has 154 valence electrons. The van der Waals surface area contributed by atoms with Gasteiger partial charge >= 0.3 is 0 Å². The van der Waals surface area contributed by atoms with Gasteiger partial charge < -0.3 is 24.8 Å². The average molecular weight is 495 g/mol. The molecule has 6 nitrogen and oxygen atoms in total. The van der Waals surface area contributed by atoms with Crippen LogP contribution in [-0.2, 0) is 9.47 Å². The summed E-state index contributed by atoms with van der Waals surface area (Å²) in [5, 5.41) is 6.47. The largest absolute Gasteiger partial charge is 0.489 e. The van der Waals surface area contributed by atoms with Crippen LogP contribution in [0.25, 0.3) is 0 Å². The number of guanidine groups is 1. The second-order valence-corrected chi connectivity index (χ2v) is 6.42. The molecule has 2 rings (SSSR count). The van der Waals surface area contributed by atoms with Crippen LogP contribution in [0.15, 0.2) is 29.3 Å². The first-order valence-corrected chi connectivity index (χ1v) is 9.19. The first kappa shape index (κ1) is 23.9. The average Bonchev–Trinajstić information content (AvgIpc) is 3.16. The van der Waals surface area contributed by atoms with E-state index in [-0.39, 0.29) is 35.9 Å². The Morgan fingerprint density at radius 2 is 2.11 bits per heavy atom. The fourth-order valence-corrected chi connectivity index (χ4v) is 2.59. The maximum atomic E-state index is 12.9. The second kappa shape index (κ2) is 14.0. The number of nitrogens with one attached hydrogen (secondary N) is 2. The Morgan fingerprint density at radius 1 is 1.33 bits per heavy atom. The van der Waals surface area contributed by atoms with Gasteiger partial charge in [-0.1, -0.05) is 0 Å². The Labute approximate surface area is 178 Å². The number of benzene rings is 1. The number of rotatable bonds is 10. The smallest absolute Gasteiger partial charge is 0.191 e. The summed E-state index contributed by atoms with van der Waals surface area (Å²) in [6, 6.07) is 6.02. The van der Waals surface area contributed by atoms with E-state index in [9.17, 15) is 4.39 Å². The Balaban J connectivity index is 0.00000364. The second-order valence-electron chi connectivity index (χ2n) is 6.42. The van der Waals surface area contributed by atoms with Gasteiger partial charge in [0.2, 0.25) is 0 Å². The molecule has 0 bridgehead atoms. The lowest BCUT2D eigenvalue weighted by molar-refractivity contribution is 0.0888. The van der Waals surface area contributed by atoms with Crippen LogP contribution in [0.2, 0.25) is 0 Å². The maximum Gasteiger partial charge on any atom is 0.191 e. The highest BCUT2D eigenvalue weighted by Crippen LogP contribution is 2.13. The van der Waals surface area contributed by atoms with Crippen LogP contribution in [0.4, 0.5) is 4.39 Å². The van der Waals surface area contributed by atoms with Crippen LogP contribution in [0.5, 0.6) is 5.75 Å². The van der Waals surface area contributed by atoms with E-state index in [4.69, 9.17) is 14.2 Å². The van der Waals surface area contributed by atoms with Crippen molar-refractivity contribution in [2.75, 3.05) is 46.6 Å². The van der Waals surface area contributed by atoms with E-state index in [0.717, 1.165) is 51.8 Å². The lowest BCUT2D eigenvalue weighted by atomic mass is 10.1. The molecule has 1 aliphatic heterocycles. The molecule has 1 aliphatic rings. The number of nitrogens with zero attached hydrogens (tertiary/aromatic N) is 1. The summed E-state index contributed by atoms with van der Waals surface area (Å²) in [6.45, 7) is 6.52. The molecule has 0 amide bonds.